The van der Waals surface area contributed by atoms with Gasteiger partial charge >= 0.3 is 0 Å². The van der Waals surface area contributed by atoms with Crippen molar-refractivity contribution >= 4 is 33.2 Å². The molecule has 1 atom stereocenters. The lowest BCUT2D eigenvalue weighted by molar-refractivity contribution is -0.120. The number of carbonyl (C=O) groups is 1. The second-order valence-electron chi connectivity index (χ2n) is 6.74. The fourth-order valence-electron chi connectivity index (χ4n) is 3.00. The van der Waals surface area contributed by atoms with E-state index >= 15 is 0 Å². The highest BCUT2D eigenvalue weighted by Gasteiger charge is 2.27. The number of anilines is 1. The van der Waals surface area contributed by atoms with Crippen molar-refractivity contribution in [3.63, 3.8) is 0 Å². The highest BCUT2D eigenvalue weighted by molar-refractivity contribution is 7.92. The van der Waals surface area contributed by atoms with Gasteiger partial charge in [0.2, 0.25) is 5.91 Å². The van der Waals surface area contributed by atoms with Gasteiger partial charge in [-0.05, 0) is 50.1 Å². The summed E-state index contributed by atoms with van der Waals surface area (Å²) in [5.41, 5.74) is 1.28. The lowest BCUT2D eigenvalue weighted by Crippen LogP contribution is -2.42. The maximum atomic E-state index is 13.2. The Kier molecular flexibility index (Phi) is 6.59. The summed E-state index contributed by atoms with van der Waals surface area (Å²) in [6.45, 7) is 2.59. The van der Waals surface area contributed by atoms with Crippen molar-refractivity contribution in [3.8, 4) is 0 Å². The first-order valence-corrected chi connectivity index (χ1v) is 10.9. The zero-order chi connectivity index (χ0) is 20.1. The molecule has 1 N–H and O–H groups in total. The summed E-state index contributed by atoms with van der Waals surface area (Å²) in [6.07, 6.45) is 1.84. The molecular formula is C20H23ClN2O4S. The Labute approximate surface area is 170 Å². The summed E-state index contributed by atoms with van der Waals surface area (Å²) in [6, 6.07) is 13.0. The van der Waals surface area contributed by atoms with Crippen molar-refractivity contribution in [2.75, 3.05) is 24.0 Å². The molecule has 1 saturated heterocycles. The summed E-state index contributed by atoms with van der Waals surface area (Å²) >= 11 is 6.05. The zero-order valence-electron chi connectivity index (χ0n) is 15.6. The number of nitrogens with zero attached hydrogens (tertiary/aromatic N) is 1. The zero-order valence-corrected chi connectivity index (χ0v) is 17.2. The number of nitrogens with one attached hydrogen (secondary N) is 1. The van der Waals surface area contributed by atoms with Gasteiger partial charge in [0, 0.05) is 18.2 Å². The van der Waals surface area contributed by atoms with E-state index < -0.39 is 15.9 Å². The largest absolute Gasteiger partial charge is 0.376 e. The van der Waals surface area contributed by atoms with Crippen LogP contribution in [0.4, 0.5) is 5.69 Å². The molecule has 0 saturated carbocycles. The Balaban J connectivity index is 1.84. The standard InChI is InChI=1S/C20H23ClN2O4S/c1-15-7-9-19(10-8-15)28(25,26)23(17-5-2-4-16(21)12-17)14-20(24)22-13-18-6-3-11-27-18/h2,4-5,7-10,12,18H,3,6,11,13-14H2,1H3,(H,22,24)/t18-/m1/s1. The minimum atomic E-state index is -3.94. The van der Waals surface area contributed by atoms with Gasteiger partial charge < -0.3 is 10.1 Å². The van der Waals surface area contributed by atoms with E-state index in [1.165, 1.54) is 18.2 Å². The van der Waals surface area contributed by atoms with Crippen molar-refractivity contribution in [2.45, 2.75) is 30.8 Å². The molecule has 6 nitrogen and oxygen atoms in total. The summed E-state index contributed by atoms with van der Waals surface area (Å²) in [5, 5.41) is 3.16. The number of rotatable bonds is 7. The van der Waals surface area contributed by atoms with Gasteiger partial charge in [-0.25, -0.2) is 8.42 Å². The first kappa shape index (κ1) is 20.6. The van der Waals surface area contributed by atoms with Gasteiger partial charge in [-0.15, -0.1) is 0 Å². The van der Waals surface area contributed by atoms with Crippen LogP contribution in [-0.2, 0) is 19.6 Å². The van der Waals surface area contributed by atoms with Gasteiger partial charge in [-0.1, -0.05) is 35.4 Å². The van der Waals surface area contributed by atoms with E-state index in [0.717, 1.165) is 22.7 Å². The maximum absolute atomic E-state index is 13.2. The second kappa shape index (κ2) is 8.94. The number of hydrogen-bond donors (Lipinski definition) is 1. The lowest BCUT2D eigenvalue weighted by atomic mass is 10.2. The van der Waals surface area contributed by atoms with E-state index in [9.17, 15) is 13.2 Å². The SMILES string of the molecule is Cc1ccc(S(=O)(=O)N(CC(=O)NC[C@H]2CCCO2)c2cccc(Cl)c2)cc1. The molecule has 8 heteroatoms. The van der Waals surface area contributed by atoms with E-state index in [-0.39, 0.29) is 17.5 Å². The topological polar surface area (TPSA) is 75.7 Å². The molecule has 28 heavy (non-hydrogen) atoms. The second-order valence-corrected chi connectivity index (χ2v) is 9.04. The number of sulfonamides is 1. The Bertz CT molecular complexity index is 925. The fraction of sp³-hybridized carbons (Fsp3) is 0.350. The van der Waals surface area contributed by atoms with Gasteiger partial charge in [0.25, 0.3) is 10.0 Å². The molecule has 1 aliphatic heterocycles. The van der Waals surface area contributed by atoms with E-state index in [2.05, 4.69) is 5.32 Å². The molecule has 1 heterocycles. The molecular weight excluding hydrogens is 400 g/mol. The van der Waals surface area contributed by atoms with Crippen molar-refractivity contribution in [1.82, 2.24) is 5.32 Å². The quantitative estimate of drug-likeness (QED) is 0.743. The van der Waals surface area contributed by atoms with Crippen LogP contribution in [0, 0.1) is 6.92 Å². The third-order valence-corrected chi connectivity index (χ3v) is 6.57. The molecule has 1 aliphatic rings. The third kappa shape index (κ3) is 5.04. The monoisotopic (exact) mass is 422 g/mol. The van der Waals surface area contributed by atoms with Crippen LogP contribution in [0.5, 0.6) is 0 Å². The highest BCUT2D eigenvalue weighted by Crippen LogP contribution is 2.26. The van der Waals surface area contributed by atoms with E-state index in [1.807, 2.05) is 6.92 Å². The lowest BCUT2D eigenvalue weighted by Gasteiger charge is -2.24. The predicted molar refractivity (Wildman–Crippen MR) is 109 cm³/mol. The van der Waals surface area contributed by atoms with Crippen molar-refractivity contribution in [3.05, 3.63) is 59.1 Å². The van der Waals surface area contributed by atoms with E-state index in [1.54, 1.807) is 30.3 Å². The smallest absolute Gasteiger partial charge is 0.264 e. The molecule has 0 aromatic heterocycles. The fourth-order valence-corrected chi connectivity index (χ4v) is 4.60. The molecule has 0 unspecified atom stereocenters. The van der Waals surface area contributed by atoms with Crippen molar-refractivity contribution in [1.29, 1.82) is 0 Å². The van der Waals surface area contributed by atoms with E-state index in [4.69, 9.17) is 16.3 Å². The number of halogens is 1. The minimum absolute atomic E-state index is 0.0164. The van der Waals surface area contributed by atoms with Gasteiger partial charge in [-0.3, -0.25) is 9.10 Å². The van der Waals surface area contributed by atoms with Crippen LogP contribution in [0.3, 0.4) is 0 Å². The normalized spacial score (nSPS) is 16.7. The molecule has 1 amide bonds. The maximum Gasteiger partial charge on any atom is 0.264 e. The first-order valence-electron chi connectivity index (χ1n) is 9.09. The van der Waals surface area contributed by atoms with Crippen LogP contribution in [0.2, 0.25) is 5.02 Å². The van der Waals surface area contributed by atoms with Crippen molar-refractivity contribution in [2.24, 2.45) is 0 Å². The third-order valence-electron chi connectivity index (χ3n) is 4.54. The molecule has 0 aliphatic carbocycles. The van der Waals surface area contributed by atoms with Crippen LogP contribution in [0.1, 0.15) is 18.4 Å². The molecule has 0 radical (unpaired) electrons. The number of ether oxygens (including phenoxy) is 1. The number of aryl methyl sites for hydroxylation is 1. The molecule has 0 spiro atoms. The Morgan fingerprint density at radius 3 is 2.64 bits per heavy atom. The van der Waals surface area contributed by atoms with E-state index in [0.29, 0.717) is 23.9 Å². The summed E-state index contributed by atoms with van der Waals surface area (Å²) in [7, 11) is -3.94. The molecule has 1 fully saturated rings. The molecule has 2 aromatic carbocycles. The van der Waals surface area contributed by atoms with Crippen LogP contribution < -0.4 is 9.62 Å². The van der Waals surface area contributed by atoms with Gasteiger partial charge in [-0.2, -0.15) is 0 Å². The minimum Gasteiger partial charge on any atom is -0.376 e. The summed E-state index contributed by atoms with van der Waals surface area (Å²) in [4.78, 5) is 12.6. The number of amides is 1. The van der Waals surface area contributed by atoms with Gasteiger partial charge in [0.1, 0.15) is 6.54 Å². The average molecular weight is 423 g/mol. The number of hydrogen-bond acceptors (Lipinski definition) is 4. The van der Waals surface area contributed by atoms with Crippen LogP contribution in [0.25, 0.3) is 0 Å². The average Bonchev–Trinajstić information content (AvgIpc) is 3.18. The van der Waals surface area contributed by atoms with Gasteiger partial charge in [0.15, 0.2) is 0 Å². The Hall–Kier alpha value is -2.09. The van der Waals surface area contributed by atoms with Crippen LogP contribution >= 0.6 is 11.6 Å². The van der Waals surface area contributed by atoms with Crippen molar-refractivity contribution < 1.29 is 17.9 Å². The first-order chi connectivity index (χ1) is 13.4. The Morgan fingerprint density at radius 1 is 1.25 bits per heavy atom. The number of carbonyl (C=O) groups excluding carboxylic acids is 1. The van der Waals surface area contributed by atoms with Crippen LogP contribution in [0.15, 0.2) is 53.4 Å². The molecule has 2 aromatic rings. The predicted octanol–water partition coefficient (Wildman–Crippen LogP) is 3.14. The summed E-state index contributed by atoms with van der Waals surface area (Å²) in [5.74, 6) is -0.397. The highest BCUT2D eigenvalue weighted by atomic mass is 35.5. The molecule has 0 bridgehead atoms. The Morgan fingerprint density at radius 2 is 2.00 bits per heavy atom. The molecule has 150 valence electrons. The number of benzene rings is 2. The van der Waals surface area contributed by atoms with Gasteiger partial charge in [0.05, 0.1) is 16.7 Å². The molecule has 3 rings (SSSR count). The summed E-state index contributed by atoms with van der Waals surface area (Å²) < 4.78 is 33.0. The van der Waals surface area contributed by atoms with Crippen LogP contribution in [-0.4, -0.2) is 40.1 Å².